The molecule has 7 heteroatoms. The van der Waals surface area contributed by atoms with E-state index in [1.54, 1.807) is 0 Å². The summed E-state index contributed by atoms with van der Waals surface area (Å²) < 4.78 is 0. The number of nitrogens with zero attached hydrogens (tertiary/aromatic N) is 2. The third-order valence-electron chi connectivity index (χ3n) is 3.42. The second-order valence-electron chi connectivity index (χ2n) is 7.09. The molecule has 0 heterocycles. The molecule has 0 aromatic carbocycles. The molecule has 0 atom stereocenters. The van der Waals surface area contributed by atoms with Gasteiger partial charge in [-0.25, -0.2) is 0 Å². The molecule has 23 heavy (non-hydrogen) atoms. The summed E-state index contributed by atoms with van der Waals surface area (Å²) in [5.74, 6) is 1.28. The molecule has 0 aromatic heterocycles. The van der Waals surface area contributed by atoms with Crippen LogP contribution in [0, 0.1) is 11.3 Å². The Morgan fingerprint density at radius 3 is 2.30 bits per heavy atom. The highest BCUT2D eigenvalue weighted by molar-refractivity contribution is 14.0. The van der Waals surface area contributed by atoms with Gasteiger partial charge in [-0.1, -0.05) is 13.8 Å². The van der Waals surface area contributed by atoms with Crippen molar-refractivity contribution in [3.05, 3.63) is 0 Å². The fourth-order valence-electron chi connectivity index (χ4n) is 2.40. The van der Waals surface area contributed by atoms with Crippen molar-refractivity contribution in [1.29, 1.82) is 0 Å². The molecular weight excluding hydrogens is 405 g/mol. The topological polar surface area (TPSA) is 68.8 Å². The second kappa shape index (κ2) is 11.1. The van der Waals surface area contributed by atoms with Gasteiger partial charge in [0, 0.05) is 38.6 Å². The summed E-state index contributed by atoms with van der Waals surface area (Å²) in [5.41, 5.74) is 0.131. The minimum absolute atomic E-state index is 0. The number of hydrogen-bond donors (Lipinski definition) is 3. The normalized spacial score (nSPS) is 15.1. The maximum atomic E-state index is 11.5. The number of guanidine groups is 1. The molecule has 0 spiro atoms. The van der Waals surface area contributed by atoms with E-state index in [9.17, 15) is 4.79 Å². The summed E-state index contributed by atoms with van der Waals surface area (Å²) >= 11 is 0. The highest BCUT2D eigenvalue weighted by Crippen LogP contribution is 2.28. The Labute approximate surface area is 158 Å². The lowest BCUT2D eigenvalue weighted by atomic mass is 9.93. The SMILES string of the molecule is CCNC(=NCC(C)(C)CN(C)C)NCCNC(=O)C1CC1.I. The van der Waals surface area contributed by atoms with Gasteiger partial charge in [0.15, 0.2) is 5.96 Å². The van der Waals surface area contributed by atoms with Crippen LogP contribution in [0.1, 0.15) is 33.6 Å². The Kier molecular flexibility index (Phi) is 10.8. The van der Waals surface area contributed by atoms with Gasteiger partial charge < -0.3 is 20.9 Å². The van der Waals surface area contributed by atoms with Crippen LogP contribution in [0.3, 0.4) is 0 Å². The van der Waals surface area contributed by atoms with Crippen molar-refractivity contribution in [1.82, 2.24) is 20.9 Å². The molecule has 0 aromatic rings. The molecule has 0 saturated heterocycles. The average Bonchev–Trinajstić information content (AvgIpc) is 3.23. The number of hydrogen-bond acceptors (Lipinski definition) is 3. The molecule has 1 amide bonds. The van der Waals surface area contributed by atoms with Gasteiger partial charge in [-0.15, -0.1) is 24.0 Å². The van der Waals surface area contributed by atoms with Crippen molar-refractivity contribution in [2.45, 2.75) is 33.6 Å². The Hall–Kier alpha value is -0.570. The fraction of sp³-hybridized carbons (Fsp3) is 0.875. The zero-order valence-electron chi connectivity index (χ0n) is 15.2. The highest BCUT2D eigenvalue weighted by Gasteiger charge is 2.28. The van der Waals surface area contributed by atoms with Crippen LogP contribution in [0.25, 0.3) is 0 Å². The molecule has 6 nitrogen and oxygen atoms in total. The van der Waals surface area contributed by atoms with Crippen LogP contribution in [0.4, 0.5) is 0 Å². The standard InChI is InChI=1S/C16H33N5O.HI/c1-6-17-15(20-11-16(2,3)12-21(4)5)19-10-9-18-14(22)13-7-8-13;/h13H,6-12H2,1-5H3,(H,18,22)(H2,17,19,20);1H. The predicted octanol–water partition coefficient (Wildman–Crippen LogP) is 1.27. The van der Waals surface area contributed by atoms with E-state index in [2.05, 4.69) is 60.7 Å². The molecule has 3 N–H and O–H groups in total. The first-order valence-corrected chi connectivity index (χ1v) is 8.28. The summed E-state index contributed by atoms with van der Waals surface area (Å²) in [6.45, 7) is 10.4. The smallest absolute Gasteiger partial charge is 0.223 e. The van der Waals surface area contributed by atoms with Crippen LogP contribution >= 0.6 is 24.0 Å². The molecule has 0 radical (unpaired) electrons. The van der Waals surface area contributed by atoms with Crippen LogP contribution in [0.2, 0.25) is 0 Å². The van der Waals surface area contributed by atoms with Crippen LogP contribution < -0.4 is 16.0 Å². The molecule has 0 aliphatic heterocycles. The van der Waals surface area contributed by atoms with Gasteiger partial charge in [0.25, 0.3) is 0 Å². The van der Waals surface area contributed by atoms with Crippen molar-refractivity contribution in [2.24, 2.45) is 16.3 Å². The van der Waals surface area contributed by atoms with Crippen molar-refractivity contribution in [2.75, 3.05) is 46.8 Å². The zero-order valence-corrected chi connectivity index (χ0v) is 17.6. The Bertz CT molecular complexity index is 381. The van der Waals surface area contributed by atoms with E-state index >= 15 is 0 Å². The number of halogens is 1. The van der Waals surface area contributed by atoms with E-state index < -0.39 is 0 Å². The minimum Gasteiger partial charge on any atom is -0.357 e. The van der Waals surface area contributed by atoms with Crippen molar-refractivity contribution in [3.8, 4) is 0 Å². The summed E-state index contributed by atoms with van der Waals surface area (Å²) in [5, 5.41) is 9.47. The highest BCUT2D eigenvalue weighted by atomic mass is 127. The molecule has 1 aliphatic carbocycles. The van der Waals surface area contributed by atoms with E-state index in [1.807, 2.05) is 0 Å². The molecule has 1 rings (SSSR count). The molecule has 0 bridgehead atoms. The summed E-state index contributed by atoms with van der Waals surface area (Å²) in [6, 6.07) is 0. The Balaban J connectivity index is 0.00000484. The van der Waals surface area contributed by atoms with E-state index in [-0.39, 0.29) is 41.2 Å². The first-order chi connectivity index (χ1) is 10.3. The molecule has 136 valence electrons. The monoisotopic (exact) mass is 439 g/mol. The third-order valence-corrected chi connectivity index (χ3v) is 3.42. The maximum absolute atomic E-state index is 11.5. The lowest BCUT2D eigenvalue weighted by molar-refractivity contribution is -0.122. The van der Waals surface area contributed by atoms with Gasteiger partial charge in [-0.05, 0) is 39.3 Å². The Morgan fingerprint density at radius 2 is 1.78 bits per heavy atom. The zero-order chi connectivity index (χ0) is 16.6. The molecule has 1 aliphatic rings. The Morgan fingerprint density at radius 1 is 1.17 bits per heavy atom. The molecular formula is C16H34IN5O. The van der Waals surface area contributed by atoms with Gasteiger partial charge in [-0.2, -0.15) is 0 Å². The minimum atomic E-state index is 0. The lowest BCUT2D eigenvalue weighted by Crippen LogP contribution is -2.42. The molecule has 0 unspecified atom stereocenters. The predicted molar refractivity (Wildman–Crippen MR) is 107 cm³/mol. The van der Waals surface area contributed by atoms with Gasteiger partial charge >= 0.3 is 0 Å². The van der Waals surface area contributed by atoms with Crippen LogP contribution in [-0.2, 0) is 4.79 Å². The van der Waals surface area contributed by atoms with Gasteiger partial charge in [0.05, 0.1) is 0 Å². The number of amides is 1. The first kappa shape index (κ1) is 22.4. The van der Waals surface area contributed by atoms with Crippen LogP contribution in [-0.4, -0.2) is 63.6 Å². The lowest BCUT2D eigenvalue weighted by Gasteiger charge is -2.26. The van der Waals surface area contributed by atoms with E-state index in [0.29, 0.717) is 13.1 Å². The van der Waals surface area contributed by atoms with Crippen LogP contribution in [0.5, 0.6) is 0 Å². The quantitative estimate of drug-likeness (QED) is 0.219. The second-order valence-corrected chi connectivity index (χ2v) is 7.09. The molecule has 1 saturated carbocycles. The van der Waals surface area contributed by atoms with Crippen LogP contribution in [0.15, 0.2) is 4.99 Å². The van der Waals surface area contributed by atoms with E-state index in [0.717, 1.165) is 38.4 Å². The van der Waals surface area contributed by atoms with Gasteiger partial charge in [-0.3, -0.25) is 9.79 Å². The summed E-state index contributed by atoms with van der Waals surface area (Å²) in [6.07, 6.45) is 2.09. The van der Waals surface area contributed by atoms with E-state index in [1.165, 1.54) is 0 Å². The average molecular weight is 439 g/mol. The largest absolute Gasteiger partial charge is 0.357 e. The van der Waals surface area contributed by atoms with Gasteiger partial charge in [0.1, 0.15) is 0 Å². The number of nitrogens with one attached hydrogen (secondary N) is 3. The summed E-state index contributed by atoms with van der Waals surface area (Å²) in [7, 11) is 4.16. The number of rotatable bonds is 9. The van der Waals surface area contributed by atoms with E-state index in [4.69, 9.17) is 0 Å². The third kappa shape index (κ3) is 10.8. The van der Waals surface area contributed by atoms with Gasteiger partial charge in [0.2, 0.25) is 5.91 Å². The van der Waals surface area contributed by atoms with Crippen molar-refractivity contribution < 1.29 is 4.79 Å². The summed E-state index contributed by atoms with van der Waals surface area (Å²) in [4.78, 5) is 18.4. The number of carbonyl (C=O) groups is 1. The fourth-order valence-corrected chi connectivity index (χ4v) is 2.40. The first-order valence-electron chi connectivity index (χ1n) is 8.28. The number of carbonyl (C=O) groups excluding carboxylic acids is 1. The maximum Gasteiger partial charge on any atom is 0.223 e. The van der Waals surface area contributed by atoms with Crippen molar-refractivity contribution >= 4 is 35.8 Å². The molecule has 1 fully saturated rings. The van der Waals surface area contributed by atoms with Crippen molar-refractivity contribution in [3.63, 3.8) is 0 Å². The number of aliphatic imine (C=N–C) groups is 1.